The third kappa shape index (κ3) is 3.66. The summed E-state index contributed by atoms with van der Waals surface area (Å²) in [5, 5.41) is 13.0. The van der Waals surface area contributed by atoms with Gasteiger partial charge < -0.3 is 9.84 Å². The van der Waals surface area contributed by atoms with Crippen molar-refractivity contribution in [1.29, 1.82) is 0 Å². The number of aliphatic carboxylic acids is 1. The van der Waals surface area contributed by atoms with E-state index in [-0.39, 0.29) is 0 Å². The molecule has 0 aliphatic rings. The molecule has 0 aromatic carbocycles. The van der Waals surface area contributed by atoms with Gasteiger partial charge in [-0.3, -0.25) is 4.68 Å². The van der Waals surface area contributed by atoms with Gasteiger partial charge in [0.25, 0.3) is 0 Å². The molecule has 1 aromatic rings. The Morgan fingerprint density at radius 3 is 2.81 bits per heavy atom. The zero-order chi connectivity index (χ0) is 12.1. The molecule has 0 saturated heterocycles. The van der Waals surface area contributed by atoms with Crippen LogP contribution in [0.15, 0.2) is 12.4 Å². The maximum Gasteiger partial charge on any atom is 0.333 e. The molecular weight excluding hydrogens is 208 g/mol. The van der Waals surface area contributed by atoms with Crippen LogP contribution in [0.1, 0.15) is 19.4 Å². The molecule has 1 N–H and O–H groups in total. The van der Waals surface area contributed by atoms with Crippen LogP contribution in [0, 0.1) is 5.92 Å². The topological polar surface area (TPSA) is 64.4 Å². The van der Waals surface area contributed by atoms with E-state index >= 15 is 0 Å². The van der Waals surface area contributed by atoms with E-state index in [2.05, 4.69) is 18.9 Å². The summed E-state index contributed by atoms with van der Waals surface area (Å²) in [5.74, 6) is -0.426. The quantitative estimate of drug-likeness (QED) is 0.791. The number of hydrogen-bond donors (Lipinski definition) is 1. The van der Waals surface area contributed by atoms with E-state index in [1.807, 2.05) is 10.9 Å². The van der Waals surface area contributed by atoms with Crippen LogP contribution in [-0.2, 0) is 22.5 Å². The van der Waals surface area contributed by atoms with E-state index in [1.165, 1.54) is 7.11 Å². The van der Waals surface area contributed by atoms with Crippen LogP contribution in [-0.4, -0.2) is 34.1 Å². The minimum atomic E-state index is -0.945. The van der Waals surface area contributed by atoms with Crippen molar-refractivity contribution in [2.45, 2.75) is 32.9 Å². The van der Waals surface area contributed by atoms with Crippen molar-refractivity contribution >= 4 is 5.97 Å². The van der Waals surface area contributed by atoms with Crippen molar-refractivity contribution in [2.75, 3.05) is 7.11 Å². The van der Waals surface area contributed by atoms with Crippen LogP contribution in [0.4, 0.5) is 0 Å². The molecule has 1 heterocycles. The Bertz CT molecular complexity index is 347. The first-order valence-electron chi connectivity index (χ1n) is 5.30. The third-order valence-corrected chi connectivity index (χ3v) is 2.22. The van der Waals surface area contributed by atoms with Gasteiger partial charge in [-0.1, -0.05) is 13.8 Å². The second kappa shape index (κ2) is 5.65. The number of ether oxygens (including phenoxy) is 1. The molecule has 1 atom stereocenters. The molecule has 0 spiro atoms. The molecule has 16 heavy (non-hydrogen) atoms. The SMILES string of the molecule is COC(Cc1cnn(CC(C)C)c1)C(=O)O. The lowest BCUT2D eigenvalue weighted by molar-refractivity contribution is -0.148. The molecule has 5 nitrogen and oxygen atoms in total. The first kappa shape index (κ1) is 12.7. The van der Waals surface area contributed by atoms with Gasteiger partial charge in [0.1, 0.15) is 0 Å². The van der Waals surface area contributed by atoms with Crippen molar-refractivity contribution < 1.29 is 14.6 Å². The average molecular weight is 226 g/mol. The second-order valence-corrected chi connectivity index (χ2v) is 4.23. The molecule has 1 rings (SSSR count). The molecular formula is C11H18N2O3. The Morgan fingerprint density at radius 2 is 2.31 bits per heavy atom. The zero-order valence-corrected chi connectivity index (χ0v) is 9.88. The first-order valence-corrected chi connectivity index (χ1v) is 5.30. The number of hydrogen-bond acceptors (Lipinski definition) is 3. The Balaban J connectivity index is 2.60. The minimum Gasteiger partial charge on any atom is -0.479 e. The summed E-state index contributed by atoms with van der Waals surface area (Å²) in [6.45, 7) is 5.05. The molecule has 0 aliphatic carbocycles. The van der Waals surface area contributed by atoms with Crippen LogP contribution in [0.25, 0.3) is 0 Å². The van der Waals surface area contributed by atoms with Gasteiger partial charge in [-0.2, -0.15) is 5.10 Å². The van der Waals surface area contributed by atoms with Gasteiger partial charge in [-0.15, -0.1) is 0 Å². The highest BCUT2D eigenvalue weighted by Gasteiger charge is 2.17. The normalized spacial score (nSPS) is 13.0. The number of aromatic nitrogens is 2. The highest BCUT2D eigenvalue weighted by atomic mass is 16.5. The van der Waals surface area contributed by atoms with Gasteiger partial charge in [0.15, 0.2) is 6.10 Å². The highest BCUT2D eigenvalue weighted by Crippen LogP contribution is 2.07. The number of nitrogens with zero attached hydrogens (tertiary/aromatic N) is 2. The summed E-state index contributed by atoms with van der Waals surface area (Å²) >= 11 is 0. The predicted octanol–water partition coefficient (Wildman–Crippen LogP) is 1.18. The summed E-state index contributed by atoms with van der Waals surface area (Å²) in [5.41, 5.74) is 0.884. The van der Waals surface area contributed by atoms with Crippen molar-refractivity contribution in [3.05, 3.63) is 18.0 Å². The molecule has 90 valence electrons. The van der Waals surface area contributed by atoms with Crippen LogP contribution in [0.5, 0.6) is 0 Å². The summed E-state index contributed by atoms with van der Waals surface area (Å²) in [6.07, 6.45) is 3.12. The smallest absolute Gasteiger partial charge is 0.333 e. The lowest BCUT2D eigenvalue weighted by Crippen LogP contribution is -2.24. The average Bonchev–Trinajstić information content (AvgIpc) is 2.60. The summed E-state index contributed by atoms with van der Waals surface area (Å²) in [4.78, 5) is 10.8. The van der Waals surface area contributed by atoms with E-state index in [1.54, 1.807) is 6.20 Å². The fourth-order valence-corrected chi connectivity index (χ4v) is 1.47. The summed E-state index contributed by atoms with van der Waals surface area (Å²) in [7, 11) is 1.40. The van der Waals surface area contributed by atoms with Gasteiger partial charge >= 0.3 is 5.97 Å². The fourth-order valence-electron chi connectivity index (χ4n) is 1.47. The van der Waals surface area contributed by atoms with E-state index in [0.29, 0.717) is 12.3 Å². The van der Waals surface area contributed by atoms with Crippen LogP contribution >= 0.6 is 0 Å². The maximum absolute atomic E-state index is 10.8. The Kier molecular flexibility index (Phi) is 4.49. The Hall–Kier alpha value is -1.36. The molecule has 0 aliphatic heterocycles. The second-order valence-electron chi connectivity index (χ2n) is 4.23. The number of carbonyl (C=O) groups is 1. The third-order valence-electron chi connectivity index (χ3n) is 2.22. The van der Waals surface area contributed by atoms with Gasteiger partial charge in [0, 0.05) is 26.3 Å². The van der Waals surface area contributed by atoms with E-state index in [9.17, 15) is 4.79 Å². The molecule has 1 aromatic heterocycles. The highest BCUT2D eigenvalue weighted by molar-refractivity contribution is 5.72. The van der Waals surface area contributed by atoms with Crippen molar-refractivity contribution in [2.24, 2.45) is 5.92 Å². The van der Waals surface area contributed by atoms with Crippen LogP contribution in [0.3, 0.4) is 0 Å². The van der Waals surface area contributed by atoms with E-state index in [4.69, 9.17) is 9.84 Å². The summed E-state index contributed by atoms with van der Waals surface area (Å²) in [6, 6.07) is 0. The Labute approximate surface area is 95.0 Å². The zero-order valence-electron chi connectivity index (χ0n) is 9.88. The van der Waals surface area contributed by atoms with Crippen LogP contribution < -0.4 is 0 Å². The largest absolute Gasteiger partial charge is 0.479 e. The van der Waals surface area contributed by atoms with Crippen LogP contribution in [0.2, 0.25) is 0 Å². The first-order chi connectivity index (χ1) is 7.52. The number of carboxylic acid groups (broad SMARTS) is 1. The standard InChI is InChI=1S/C11H18N2O3/c1-8(2)6-13-7-9(5-12-13)4-10(16-3)11(14)15/h5,7-8,10H,4,6H2,1-3H3,(H,14,15). The minimum absolute atomic E-state index is 0.351. The number of methoxy groups -OCH3 is 1. The molecule has 0 fully saturated rings. The van der Waals surface area contributed by atoms with E-state index < -0.39 is 12.1 Å². The molecule has 1 unspecified atom stereocenters. The lowest BCUT2D eigenvalue weighted by atomic mass is 10.1. The monoisotopic (exact) mass is 226 g/mol. The Morgan fingerprint density at radius 1 is 1.62 bits per heavy atom. The van der Waals surface area contributed by atoms with Crippen molar-refractivity contribution in [3.63, 3.8) is 0 Å². The molecule has 0 saturated carbocycles. The summed E-state index contributed by atoms with van der Waals surface area (Å²) < 4.78 is 6.70. The molecule has 0 radical (unpaired) electrons. The van der Waals surface area contributed by atoms with Crippen molar-refractivity contribution in [3.8, 4) is 0 Å². The number of carboxylic acids is 1. The van der Waals surface area contributed by atoms with E-state index in [0.717, 1.165) is 12.1 Å². The fraction of sp³-hybridized carbons (Fsp3) is 0.636. The van der Waals surface area contributed by atoms with Gasteiger partial charge in [0.05, 0.1) is 6.20 Å². The maximum atomic E-state index is 10.8. The van der Waals surface area contributed by atoms with Crippen molar-refractivity contribution in [1.82, 2.24) is 9.78 Å². The van der Waals surface area contributed by atoms with Gasteiger partial charge in [0.2, 0.25) is 0 Å². The predicted molar refractivity (Wildman–Crippen MR) is 59.2 cm³/mol. The number of rotatable bonds is 6. The van der Waals surface area contributed by atoms with Gasteiger partial charge in [-0.25, -0.2) is 4.79 Å². The molecule has 0 amide bonds. The van der Waals surface area contributed by atoms with Gasteiger partial charge in [-0.05, 0) is 11.5 Å². The molecule has 0 bridgehead atoms. The molecule has 5 heteroatoms. The lowest BCUT2D eigenvalue weighted by Gasteiger charge is -2.08.